The van der Waals surface area contributed by atoms with Crippen LogP contribution in [0, 0.1) is 19.8 Å². The van der Waals surface area contributed by atoms with E-state index in [9.17, 15) is 14.4 Å². The van der Waals surface area contributed by atoms with Crippen molar-refractivity contribution in [2.75, 3.05) is 33.4 Å². The predicted octanol–water partition coefficient (Wildman–Crippen LogP) is 2.76. The molecule has 1 amide bonds. The molecule has 0 radical (unpaired) electrons. The van der Waals surface area contributed by atoms with Crippen LogP contribution in [0.25, 0.3) is 0 Å². The molecular formula is C21H32N2O5. The third kappa shape index (κ3) is 4.82. The van der Waals surface area contributed by atoms with Crippen LogP contribution in [0.2, 0.25) is 0 Å². The average Bonchev–Trinajstić information content (AvgIpc) is 3.48. The highest BCUT2D eigenvalue weighted by atomic mass is 16.5. The number of rotatable bonds is 11. The average molecular weight is 392 g/mol. The number of hydrogen-bond donors (Lipinski definition) is 0. The lowest BCUT2D eigenvalue weighted by molar-refractivity contribution is -0.132. The molecule has 156 valence electrons. The smallest absolute Gasteiger partial charge is 0.354 e. The van der Waals surface area contributed by atoms with Crippen molar-refractivity contribution in [1.82, 2.24) is 9.47 Å². The highest BCUT2D eigenvalue weighted by Crippen LogP contribution is 2.31. The standard InChI is InChI=1S/C21H32N2O5/c1-6-23-15(4)18(14(3)19(23)21(26)27-5)17(24)13-22(11-8-12-28-7-2)20(25)16-9-10-16/h16H,6-13H2,1-5H3. The number of ketones is 1. The molecule has 1 aliphatic carbocycles. The normalized spacial score (nSPS) is 13.5. The van der Waals surface area contributed by atoms with E-state index in [1.165, 1.54) is 7.11 Å². The van der Waals surface area contributed by atoms with E-state index in [-0.39, 0.29) is 24.2 Å². The van der Waals surface area contributed by atoms with E-state index in [1.807, 2.05) is 20.8 Å². The number of carbonyl (C=O) groups is 3. The molecule has 0 spiro atoms. The molecule has 1 aromatic heterocycles. The molecule has 0 aliphatic heterocycles. The zero-order chi connectivity index (χ0) is 20.8. The van der Waals surface area contributed by atoms with Crippen molar-refractivity contribution in [3.05, 3.63) is 22.5 Å². The first-order chi connectivity index (χ1) is 13.4. The van der Waals surface area contributed by atoms with Crippen molar-refractivity contribution in [2.24, 2.45) is 5.92 Å². The lowest BCUT2D eigenvalue weighted by Gasteiger charge is -2.22. The Labute approximate surface area is 167 Å². The number of nitrogens with zero attached hydrogens (tertiary/aromatic N) is 2. The van der Waals surface area contributed by atoms with Gasteiger partial charge in [-0.05, 0) is 52.5 Å². The van der Waals surface area contributed by atoms with Gasteiger partial charge in [0.2, 0.25) is 5.91 Å². The van der Waals surface area contributed by atoms with E-state index in [0.29, 0.717) is 49.5 Å². The zero-order valence-corrected chi connectivity index (χ0v) is 17.7. The number of Topliss-reactive ketones (excluding diaryl/α,β-unsaturated/α-hetero) is 1. The van der Waals surface area contributed by atoms with E-state index >= 15 is 0 Å². The van der Waals surface area contributed by atoms with E-state index in [4.69, 9.17) is 9.47 Å². The Bertz CT molecular complexity index is 734. The molecule has 1 saturated carbocycles. The number of esters is 1. The van der Waals surface area contributed by atoms with Gasteiger partial charge in [-0.2, -0.15) is 0 Å². The summed E-state index contributed by atoms with van der Waals surface area (Å²) in [6, 6.07) is 0. The van der Waals surface area contributed by atoms with Gasteiger partial charge in [0.05, 0.1) is 13.7 Å². The van der Waals surface area contributed by atoms with E-state index in [0.717, 1.165) is 18.5 Å². The van der Waals surface area contributed by atoms with Gasteiger partial charge in [-0.3, -0.25) is 9.59 Å². The first-order valence-electron chi connectivity index (χ1n) is 10.0. The lowest BCUT2D eigenvalue weighted by atomic mass is 10.0. The zero-order valence-electron chi connectivity index (χ0n) is 17.7. The minimum atomic E-state index is -0.455. The van der Waals surface area contributed by atoms with Crippen molar-refractivity contribution in [3.63, 3.8) is 0 Å². The molecule has 1 aromatic rings. The highest BCUT2D eigenvalue weighted by molar-refractivity contribution is 6.04. The maximum atomic E-state index is 13.1. The summed E-state index contributed by atoms with van der Waals surface area (Å²) in [6.45, 7) is 9.73. The van der Waals surface area contributed by atoms with Gasteiger partial charge in [0, 0.05) is 43.5 Å². The summed E-state index contributed by atoms with van der Waals surface area (Å²) in [5.74, 6) is -0.502. The molecule has 2 rings (SSSR count). The fourth-order valence-corrected chi connectivity index (χ4v) is 3.67. The maximum absolute atomic E-state index is 13.1. The summed E-state index contributed by atoms with van der Waals surface area (Å²) in [5, 5.41) is 0. The molecule has 7 nitrogen and oxygen atoms in total. The van der Waals surface area contributed by atoms with Gasteiger partial charge >= 0.3 is 5.97 Å². The highest BCUT2D eigenvalue weighted by Gasteiger charge is 2.35. The second-order valence-corrected chi connectivity index (χ2v) is 7.18. The third-order valence-electron chi connectivity index (χ3n) is 5.23. The molecule has 1 aliphatic rings. The van der Waals surface area contributed by atoms with Gasteiger partial charge in [-0.25, -0.2) is 4.79 Å². The lowest BCUT2D eigenvalue weighted by Crippen LogP contribution is -2.38. The van der Waals surface area contributed by atoms with Crippen LogP contribution in [0.4, 0.5) is 0 Å². The van der Waals surface area contributed by atoms with Crippen molar-refractivity contribution < 1.29 is 23.9 Å². The first kappa shape index (κ1) is 22.1. The van der Waals surface area contributed by atoms with Crippen LogP contribution in [0.5, 0.6) is 0 Å². The molecule has 0 bridgehead atoms. The maximum Gasteiger partial charge on any atom is 0.354 e. The van der Waals surface area contributed by atoms with E-state index in [2.05, 4.69) is 0 Å². The molecule has 0 aromatic carbocycles. The minimum absolute atomic E-state index is 0.0253. The fourth-order valence-electron chi connectivity index (χ4n) is 3.67. The molecule has 1 fully saturated rings. The molecule has 0 N–H and O–H groups in total. The van der Waals surface area contributed by atoms with Crippen LogP contribution >= 0.6 is 0 Å². The summed E-state index contributed by atoms with van der Waals surface area (Å²) in [5.41, 5.74) is 2.27. The summed E-state index contributed by atoms with van der Waals surface area (Å²) in [6.07, 6.45) is 2.48. The molecule has 0 saturated heterocycles. The van der Waals surface area contributed by atoms with Gasteiger partial charge in [0.1, 0.15) is 5.69 Å². The van der Waals surface area contributed by atoms with Gasteiger partial charge in [-0.15, -0.1) is 0 Å². The molecule has 28 heavy (non-hydrogen) atoms. The van der Waals surface area contributed by atoms with E-state index < -0.39 is 5.97 Å². The molecule has 0 unspecified atom stereocenters. The Kier molecular flexibility index (Phi) is 7.80. The van der Waals surface area contributed by atoms with Gasteiger partial charge in [0.15, 0.2) is 5.78 Å². The molecule has 1 heterocycles. The molecule has 7 heteroatoms. The Balaban J connectivity index is 2.23. The van der Waals surface area contributed by atoms with Crippen LogP contribution in [0.1, 0.15) is 65.2 Å². The van der Waals surface area contributed by atoms with Gasteiger partial charge < -0.3 is 18.9 Å². The van der Waals surface area contributed by atoms with Crippen LogP contribution in [0.3, 0.4) is 0 Å². The third-order valence-corrected chi connectivity index (χ3v) is 5.23. The number of hydrogen-bond acceptors (Lipinski definition) is 5. The first-order valence-corrected chi connectivity index (χ1v) is 10.0. The Morgan fingerprint density at radius 1 is 1.18 bits per heavy atom. The fraction of sp³-hybridized carbons (Fsp3) is 0.667. The summed E-state index contributed by atoms with van der Waals surface area (Å²) in [4.78, 5) is 39.6. The van der Waals surface area contributed by atoms with Crippen molar-refractivity contribution in [1.29, 1.82) is 0 Å². The quantitative estimate of drug-likeness (QED) is 0.329. The number of aromatic nitrogens is 1. The van der Waals surface area contributed by atoms with Crippen LogP contribution in [-0.4, -0.2) is 60.5 Å². The largest absolute Gasteiger partial charge is 0.464 e. The molecular weight excluding hydrogens is 360 g/mol. The van der Waals surface area contributed by atoms with E-state index in [1.54, 1.807) is 16.4 Å². The topological polar surface area (TPSA) is 77.8 Å². The number of amides is 1. The summed E-state index contributed by atoms with van der Waals surface area (Å²) >= 11 is 0. The monoisotopic (exact) mass is 392 g/mol. The van der Waals surface area contributed by atoms with Gasteiger partial charge in [-0.1, -0.05) is 0 Å². The van der Waals surface area contributed by atoms with Gasteiger partial charge in [0.25, 0.3) is 0 Å². The second-order valence-electron chi connectivity index (χ2n) is 7.18. The van der Waals surface area contributed by atoms with Crippen molar-refractivity contribution in [3.8, 4) is 0 Å². The Hall–Kier alpha value is -2.15. The van der Waals surface area contributed by atoms with Crippen LogP contribution < -0.4 is 0 Å². The number of ether oxygens (including phenoxy) is 2. The molecule has 0 atom stereocenters. The Morgan fingerprint density at radius 3 is 2.39 bits per heavy atom. The second kappa shape index (κ2) is 9.87. The predicted molar refractivity (Wildman–Crippen MR) is 106 cm³/mol. The van der Waals surface area contributed by atoms with Crippen LogP contribution in [0.15, 0.2) is 0 Å². The summed E-state index contributed by atoms with van der Waals surface area (Å²) < 4.78 is 12.1. The number of carbonyl (C=O) groups excluding carboxylic acids is 3. The van der Waals surface area contributed by atoms with Crippen molar-refractivity contribution >= 4 is 17.7 Å². The minimum Gasteiger partial charge on any atom is -0.464 e. The van der Waals surface area contributed by atoms with Crippen LogP contribution in [-0.2, 0) is 20.8 Å². The SMILES string of the molecule is CCOCCCN(CC(=O)c1c(C)c(C(=O)OC)n(CC)c1C)C(=O)C1CC1. The summed E-state index contributed by atoms with van der Waals surface area (Å²) in [7, 11) is 1.33. The number of methoxy groups -OCH3 is 1. The Morgan fingerprint density at radius 2 is 1.86 bits per heavy atom. The van der Waals surface area contributed by atoms with Crippen molar-refractivity contribution in [2.45, 2.75) is 53.5 Å².